The Balaban J connectivity index is 0.890. The Morgan fingerprint density at radius 1 is 0.369 bits per heavy atom. The Morgan fingerprint density at radius 2 is 0.923 bits per heavy atom. The van der Waals surface area contributed by atoms with Crippen LogP contribution in [0.2, 0.25) is 0 Å². The van der Waals surface area contributed by atoms with E-state index in [-0.39, 0.29) is 5.41 Å². The molecule has 13 rings (SSSR count). The first-order valence-electron chi connectivity index (χ1n) is 22.9. The molecular formula is C62H43N3. The number of allylic oxidation sites excluding steroid dienone is 8. The van der Waals surface area contributed by atoms with Crippen molar-refractivity contribution in [3.8, 4) is 56.0 Å². The fourth-order valence-corrected chi connectivity index (χ4v) is 10.9. The fraction of sp³-hybridized carbons (Fsp3) is 0.0806. The standard InChI is InChI=1S/C62H43N3/c1-4-14-42(15-5-1)56-36-34-45-32-33-46-35-37-57(64-61(46)60(45)63-56)43-28-24-40(25-29-43)41-26-30-44(31-27-41)59-53-38-52-49-20-10-12-22-54(49)62(47-16-6-2-7-17-47,48-18-8-3-9-19-48)55(52)39-51(53)50-21-11-13-23-58(50)65-59/h1,4-6,8,10-39H,2-3,7,9H2. The Bertz CT molecular complexity index is 3650. The van der Waals surface area contributed by atoms with Gasteiger partial charge in [0.1, 0.15) is 0 Å². The highest BCUT2D eigenvalue weighted by molar-refractivity contribution is 6.13. The summed E-state index contributed by atoms with van der Waals surface area (Å²) in [6.07, 6.45) is 18.8. The van der Waals surface area contributed by atoms with E-state index in [2.05, 4.69) is 206 Å². The summed E-state index contributed by atoms with van der Waals surface area (Å²) in [4.78, 5) is 15.7. The maximum absolute atomic E-state index is 5.42. The van der Waals surface area contributed by atoms with E-state index in [1.165, 1.54) is 49.6 Å². The van der Waals surface area contributed by atoms with Gasteiger partial charge in [-0.2, -0.15) is 0 Å². The fourth-order valence-electron chi connectivity index (χ4n) is 10.9. The molecule has 0 atom stereocenters. The minimum atomic E-state index is -0.377. The van der Waals surface area contributed by atoms with Crippen molar-refractivity contribution < 1.29 is 0 Å². The molecule has 306 valence electrons. The van der Waals surface area contributed by atoms with Gasteiger partial charge in [-0.05, 0) is 106 Å². The number of hydrogen-bond acceptors (Lipinski definition) is 3. The van der Waals surface area contributed by atoms with Crippen LogP contribution in [0.4, 0.5) is 0 Å². The number of pyridine rings is 3. The summed E-state index contributed by atoms with van der Waals surface area (Å²) in [5, 5.41) is 5.76. The van der Waals surface area contributed by atoms with E-state index in [4.69, 9.17) is 15.0 Å². The summed E-state index contributed by atoms with van der Waals surface area (Å²) in [5.74, 6) is 0. The van der Waals surface area contributed by atoms with Gasteiger partial charge in [0.25, 0.3) is 0 Å². The smallest absolute Gasteiger partial charge is 0.0972 e. The van der Waals surface area contributed by atoms with Crippen molar-refractivity contribution >= 4 is 43.5 Å². The second kappa shape index (κ2) is 15.1. The normalized spacial score (nSPS) is 15.0. The zero-order valence-electron chi connectivity index (χ0n) is 35.9. The summed E-state index contributed by atoms with van der Waals surface area (Å²) >= 11 is 0. The molecule has 3 aliphatic carbocycles. The number of rotatable bonds is 6. The van der Waals surface area contributed by atoms with Crippen molar-refractivity contribution in [1.82, 2.24) is 15.0 Å². The third kappa shape index (κ3) is 6.00. The minimum Gasteiger partial charge on any atom is -0.247 e. The average Bonchev–Trinajstić information content (AvgIpc) is 3.68. The summed E-state index contributed by atoms with van der Waals surface area (Å²) in [6.45, 7) is 0. The van der Waals surface area contributed by atoms with Gasteiger partial charge in [0, 0.05) is 38.2 Å². The predicted octanol–water partition coefficient (Wildman–Crippen LogP) is 16.0. The number of aromatic nitrogens is 3. The molecular weight excluding hydrogens is 787 g/mol. The zero-order valence-corrected chi connectivity index (χ0v) is 35.9. The number of para-hydroxylation sites is 1. The molecule has 10 aromatic rings. The first-order chi connectivity index (χ1) is 32.2. The first-order valence-corrected chi connectivity index (χ1v) is 22.9. The van der Waals surface area contributed by atoms with Crippen LogP contribution < -0.4 is 0 Å². The van der Waals surface area contributed by atoms with Gasteiger partial charge in [-0.1, -0.05) is 182 Å². The van der Waals surface area contributed by atoms with Crippen LogP contribution in [0.3, 0.4) is 0 Å². The Morgan fingerprint density at radius 3 is 1.57 bits per heavy atom. The lowest BCUT2D eigenvalue weighted by molar-refractivity contribution is 0.738. The molecule has 7 aromatic carbocycles. The Hall–Kier alpha value is -8.01. The molecule has 65 heavy (non-hydrogen) atoms. The van der Waals surface area contributed by atoms with Gasteiger partial charge in [-0.15, -0.1) is 0 Å². The van der Waals surface area contributed by atoms with Crippen molar-refractivity contribution in [2.45, 2.75) is 31.1 Å². The van der Waals surface area contributed by atoms with Gasteiger partial charge in [-0.3, -0.25) is 0 Å². The van der Waals surface area contributed by atoms with Crippen LogP contribution in [0.5, 0.6) is 0 Å². The average molecular weight is 830 g/mol. The third-order valence-corrected chi connectivity index (χ3v) is 14.0. The zero-order chi connectivity index (χ0) is 42.9. The van der Waals surface area contributed by atoms with Crippen LogP contribution in [0.25, 0.3) is 99.5 Å². The van der Waals surface area contributed by atoms with E-state index in [0.717, 1.165) is 97.9 Å². The molecule has 0 aliphatic heterocycles. The molecule has 0 spiro atoms. The van der Waals surface area contributed by atoms with Gasteiger partial charge in [0.2, 0.25) is 0 Å². The van der Waals surface area contributed by atoms with Gasteiger partial charge in [-0.25, -0.2) is 15.0 Å². The van der Waals surface area contributed by atoms with Crippen LogP contribution in [0.1, 0.15) is 36.8 Å². The van der Waals surface area contributed by atoms with Gasteiger partial charge in [0.05, 0.1) is 39.0 Å². The lowest BCUT2D eigenvalue weighted by Crippen LogP contribution is -2.30. The maximum Gasteiger partial charge on any atom is 0.0972 e. The van der Waals surface area contributed by atoms with Crippen LogP contribution >= 0.6 is 0 Å². The second-order valence-corrected chi connectivity index (χ2v) is 17.6. The highest BCUT2D eigenvalue weighted by atomic mass is 14.8. The summed E-state index contributed by atoms with van der Waals surface area (Å²) in [7, 11) is 0. The van der Waals surface area contributed by atoms with E-state index < -0.39 is 0 Å². The van der Waals surface area contributed by atoms with Gasteiger partial charge in [0.15, 0.2) is 0 Å². The summed E-state index contributed by atoms with van der Waals surface area (Å²) in [6, 6.07) is 63.6. The molecule has 0 saturated carbocycles. The van der Waals surface area contributed by atoms with E-state index in [9.17, 15) is 0 Å². The quantitative estimate of drug-likeness (QED) is 0.157. The second-order valence-electron chi connectivity index (χ2n) is 17.6. The minimum absolute atomic E-state index is 0.377. The van der Waals surface area contributed by atoms with Crippen LogP contribution in [-0.2, 0) is 5.41 Å². The van der Waals surface area contributed by atoms with Crippen LogP contribution in [0.15, 0.2) is 224 Å². The molecule has 0 fully saturated rings. The molecule has 3 heterocycles. The van der Waals surface area contributed by atoms with Crippen LogP contribution in [-0.4, -0.2) is 15.0 Å². The topological polar surface area (TPSA) is 38.7 Å². The Kier molecular flexibility index (Phi) is 8.70. The van der Waals surface area contributed by atoms with Crippen molar-refractivity contribution in [2.24, 2.45) is 0 Å². The molecule has 0 N–H and O–H groups in total. The lowest BCUT2D eigenvalue weighted by Gasteiger charge is -2.37. The molecule has 0 radical (unpaired) electrons. The molecule has 0 saturated heterocycles. The van der Waals surface area contributed by atoms with Crippen molar-refractivity contribution in [3.05, 3.63) is 235 Å². The van der Waals surface area contributed by atoms with E-state index in [0.29, 0.717) is 0 Å². The molecule has 0 bridgehead atoms. The Labute approximate surface area is 378 Å². The highest BCUT2D eigenvalue weighted by Gasteiger charge is 2.48. The molecule has 0 amide bonds. The van der Waals surface area contributed by atoms with E-state index in [1.54, 1.807) is 0 Å². The number of nitrogens with zero attached hydrogens (tertiary/aromatic N) is 3. The number of hydrogen-bond donors (Lipinski definition) is 0. The summed E-state index contributed by atoms with van der Waals surface area (Å²) < 4.78 is 0. The third-order valence-electron chi connectivity index (χ3n) is 14.0. The largest absolute Gasteiger partial charge is 0.247 e. The van der Waals surface area contributed by atoms with E-state index in [1.807, 2.05) is 6.07 Å². The monoisotopic (exact) mass is 829 g/mol. The highest BCUT2D eigenvalue weighted by Crippen LogP contribution is 2.59. The van der Waals surface area contributed by atoms with Gasteiger partial charge >= 0.3 is 0 Å². The molecule has 3 aromatic heterocycles. The number of fused-ring (bicyclic) bond motifs is 9. The first kappa shape index (κ1) is 37.5. The van der Waals surface area contributed by atoms with Crippen LogP contribution in [0, 0.1) is 0 Å². The SMILES string of the molecule is C1=CC(C2(C3=CCCC=C3)c3ccccc3-c3cc4c(-c5ccc(-c6ccc(-c7ccc8ccc9ccc(-c%10ccccc%10)nc9c8n7)cc6)cc5)nc5ccccc5c4cc32)=CCC1. The molecule has 3 heteroatoms. The van der Waals surface area contributed by atoms with Crippen molar-refractivity contribution in [3.63, 3.8) is 0 Å². The van der Waals surface area contributed by atoms with E-state index >= 15 is 0 Å². The summed E-state index contributed by atoms with van der Waals surface area (Å²) in [5.41, 5.74) is 19.0. The maximum atomic E-state index is 5.42. The van der Waals surface area contributed by atoms with Crippen molar-refractivity contribution in [2.75, 3.05) is 0 Å². The molecule has 3 nitrogen and oxygen atoms in total. The van der Waals surface area contributed by atoms with Crippen molar-refractivity contribution in [1.29, 1.82) is 0 Å². The lowest BCUT2D eigenvalue weighted by atomic mass is 9.64. The number of benzene rings is 7. The predicted molar refractivity (Wildman–Crippen MR) is 271 cm³/mol. The molecule has 3 aliphatic rings. The molecule has 0 unspecified atom stereocenters. The van der Waals surface area contributed by atoms with Gasteiger partial charge < -0.3 is 0 Å².